The zero-order chi connectivity index (χ0) is 13.8. The molecule has 0 aromatic heterocycles. The maximum Gasteiger partial charge on any atom is 0.241 e. The zero-order valence-corrected chi connectivity index (χ0v) is 11.9. The van der Waals surface area contributed by atoms with Crippen LogP contribution in [0.2, 0.25) is 0 Å². The monoisotopic (exact) mass is 281 g/mol. The lowest BCUT2D eigenvalue weighted by molar-refractivity contribution is -0.132. The highest BCUT2D eigenvalue weighted by Crippen LogP contribution is 2.14. The van der Waals surface area contributed by atoms with Gasteiger partial charge < -0.3 is 15.5 Å². The van der Waals surface area contributed by atoms with Gasteiger partial charge in [0.2, 0.25) is 5.91 Å². The number of hydrogen-bond acceptors (Lipinski definition) is 3. The van der Waals surface area contributed by atoms with Crippen molar-refractivity contribution in [2.24, 2.45) is 0 Å². The number of nitrogens with zero attached hydrogens (tertiary/aromatic N) is 2. The van der Waals surface area contributed by atoms with Crippen LogP contribution in [0.1, 0.15) is 5.56 Å². The van der Waals surface area contributed by atoms with Gasteiger partial charge in [0.25, 0.3) is 0 Å². The summed E-state index contributed by atoms with van der Waals surface area (Å²) in [6, 6.07) is 7.53. The average Bonchev–Trinajstić information content (AvgIpc) is 2.39. The van der Waals surface area contributed by atoms with E-state index in [1.165, 1.54) is 0 Å². The Morgan fingerprint density at radius 3 is 2.68 bits per heavy atom. The van der Waals surface area contributed by atoms with Crippen LogP contribution in [0, 0.1) is 0 Å². The third-order valence-corrected chi connectivity index (χ3v) is 3.79. The molecule has 0 radical (unpaired) electrons. The van der Waals surface area contributed by atoms with E-state index >= 15 is 0 Å². The lowest BCUT2D eigenvalue weighted by atomic mass is 10.1. The fraction of sp³-hybridized carbons (Fsp3) is 0.500. The number of likely N-dealkylation sites (N-methyl/N-ethyl adjacent to an activating group) is 1. The van der Waals surface area contributed by atoms with Gasteiger partial charge in [-0.05, 0) is 31.2 Å². The van der Waals surface area contributed by atoms with Crippen LogP contribution in [0.3, 0.4) is 0 Å². The van der Waals surface area contributed by atoms with E-state index in [4.69, 9.17) is 17.3 Å². The molecule has 2 rings (SSSR count). The first kappa shape index (κ1) is 14.2. The molecule has 5 heteroatoms. The van der Waals surface area contributed by atoms with Crippen LogP contribution in [-0.2, 0) is 11.2 Å². The van der Waals surface area contributed by atoms with Crippen molar-refractivity contribution in [1.82, 2.24) is 9.80 Å². The van der Waals surface area contributed by atoms with Crippen molar-refractivity contribution in [2.75, 3.05) is 39.0 Å². The molecule has 0 saturated carbocycles. The van der Waals surface area contributed by atoms with Crippen LogP contribution >= 0.6 is 11.6 Å². The predicted molar refractivity (Wildman–Crippen MR) is 78.3 cm³/mol. The van der Waals surface area contributed by atoms with Gasteiger partial charge in [-0.1, -0.05) is 12.1 Å². The minimum absolute atomic E-state index is 0.0252. The van der Waals surface area contributed by atoms with Crippen LogP contribution in [0.5, 0.6) is 0 Å². The molecule has 1 aromatic carbocycles. The maximum absolute atomic E-state index is 12.2. The molecular weight excluding hydrogens is 262 g/mol. The number of rotatable bonds is 3. The van der Waals surface area contributed by atoms with Crippen molar-refractivity contribution in [3.63, 3.8) is 0 Å². The third kappa shape index (κ3) is 3.85. The van der Waals surface area contributed by atoms with Crippen LogP contribution in [0.25, 0.3) is 0 Å². The topological polar surface area (TPSA) is 49.6 Å². The highest BCUT2D eigenvalue weighted by atomic mass is 35.5. The van der Waals surface area contributed by atoms with Crippen LogP contribution in [0.15, 0.2) is 24.3 Å². The summed E-state index contributed by atoms with van der Waals surface area (Å²) in [5, 5.41) is -0.509. The number of piperazine rings is 1. The SMILES string of the molecule is CN1CCN(C(=O)C(Cl)Cc2cccc(N)c2)CC1. The lowest BCUT2D eigenvalue weighted by Gasteiger charge is -2.33. The van der Waals surface area contributed by atoms with E-state index in [1.807, 2.05) is 29.2 Å². The van der Waals surface area contributed by atoms with Crippen LogP contribution in [-0.4, -0.2) is 54.3 Å². The Morgan fingerprint density at radius 1 is 1.37 bits per heavy atom. The number of carbonyl (C=O) groups excluding carboxylic acids is 1. The summed E-state index contributed by atoms with van der Waals surface area (Å²) in [4.78, 5) is 16.3. The Morgan fingerprint density at radius 2 is 2.05 bits per heavy atom. The molecule has 2 N–H and O–H groups in total. The van der Waals surface area contributed by atoms with Gasteiger partial charge in [0, 0.05) is 31.9 Å². The van der Waals surface area contributed by atoms with Crippen LogP contribution < -0.4 is 5.73 Å². The molecule has 1 unspecified atom stereocenters. The number of benzene rings is 1. The second kappa shape index (κ2) is 6.26. The number of nitrogens with two attached hydrogens (primary N) is 1. The second-order valence-electron chi connectivity index (χ2n) is 5.05. The van der Waals surface area contributed by atoms with E-state index in [9.17, 15) is 4.79 Å². The number of halogens is 1. The standard InChI is InChI=1S/C14H20ClN3O/c1-17-5-7-18(8-6-17)14(19)13(15)10-11-3-2-4-12(16)9-11/h2-4,9,13H,5-8,10,16H2,1H3. The van der Waals surface area contributed by atoms with Crippen molar-refractivity contribution in [3.05, 3.63) is 29.8 Å². The minimum atomic E-state index is -0.509. The Kier molecular flexibility index (Phi) is 4.66. The van der Waals surface area contributed by atoms with Gasteiger partial charge in [-0.3, -0.25) is 4.79 Å². The molecule has 1 heterocycles. The summed E-state index contributed by atoms with van der Waals surface area (Å²) in [5.74, 6) is 0.0252. The molecule has 1 aliphatic rings. The summed E-state index contributed by atoms with van der Waals surface area (Å²) in [7, 11) is 2.06. The third-order valence-electron chi connectivity index (χ3n) is 3.45. The van der Waals surface area contributed by atoms with Gasteiger partial charge in [-0.2, -0.15) is 0 Å². The molecule has 104 valence electrons. The van der Waals surface area contributed by atoms with Crippen molar-refractivity contribution in [1.29, 1.82) is 0 Å². The second-order valence-corrected chi connectivity index (χ2v) is 5.57. The fourth-order valence-electron chi connectivity index (χ4n) is 2.24. The average molecular weight is 282 g/mol. The van der Waals surface area contributed by atoms with Gasteiger partial charge in [0.05, 0.1) is 0 Å². The Balaban J connectivity index is 1.92. The normalized spacial score (nSPS) is 18.3. The van der Waals surface area contributed by atoms with Crippen molar-refractivity contribution >= 4 is 23.2 Å². The smallest absolute Gasteiger partial charge is 0.241 e. The van der Waals surface area contributed by atoms with Crippen molar-refractivity contribution in [2.45, 2.75) is 11.8 Å². The van der Waals surface area contributed by atoms with Gasteiger partial charge in [-0.25, -0.2) is 0 Å². The van der Waals surface area contributed by atoms with Crippen molar-refractivity contribution in [3.8, 4) is 0 Å². The molecule has 1 fully saturated rings. The number of nitrogen functional groups attached to an aromatic ring is 1. The number of alkyl halides is 1. The molecule has 4 nitrogen and oxygen atoms in total. The first-order valence-corrected chi connectivity index (χ1v) is 6.96. The molecule has 0 spiro atoms. The van der Waals surface area contributed by atoms with E-state index in [1.54, 1.807) is 0 Å². The summed E-state index contributed by atoms with van der Waals surface area (Å²) in [6.45, 7) is 3.34. The highest BCUT2D eigenvalue weighted by molar-refractivity contribution is 6.30. The van der Waals surface area contributed by atoms with E-state index in [-0.39, 0.29) is 5.91 Å². The highest BCUT2D eigenvalue weighted by Gasteiger charge is 2.25. The fourth-order valence-corrected chi connectivity index (χ4v) is 2.56. The molecule has 0 bridgehead atoms. The van der Waals surface area contributed by atoms with Crippen LogP contribution in [0.4, 0.5) is 5.69 Å². The molecule has 1 saturated heterocycles. The van der Waals surface area contributed by atoms with E-state index in [0.29, 0.717) is 12.1 Å². The summed E-state index contributed by atoms with van der Waals surface area (Å²) in [6.07, 6.45) is 0.526. The summed E-state index contributed by atoms with van der Waals surface area (Å²) in [5.41, 5.74) is 7.43. The molecule has 1 atom stereocenters. The Labute approximate surface area is 119 Å². The van der Waals surface area contributed by atoms with Crippen molar-refractivity contribution < 1.29 is 4.79 Å². The first-order valence-electron chi connectivity index (χ1n) is 6.52. The largest absolute Gasteiger partial charge is 0.399 e. The number of hydrogen-bond donors (Lipinski definition) is 1. The minimum Gasteiger partial charge on any atom is -0.399 e. The zero-order valence-electron chi connectivity index (χ0n) is 11.2. The quantitative estimate of drug-likeness (QED) is 0.669. The van der Waals surface area contributed by atoms with E-state index in [0.717, 1.165) is 31.7 Å². The van der Waals surface area contributed by atoms with Gasteiger partial charge in [0.15, 0.2) is 0 Å². The molecule has 1 aliphatic heterocycles. The summed E-state index contributed by atoms with van der Waals surface area (Å²) >= 11 is 6.24. The molecule has 1 amide bonds. The van der Waals surface area contributed by atoms with E-state index < -0.39 is 5.38 Å². The predicted octanol–water partition coefficient (Wildman–Crippen LogP) is 1.19. The molecular formula is C14H20ClN3O. The number of amides is 1. The van der Waals surface area contributed by atoms with Gasteiger partial charge >= 0.3 is 0 Å². The van der Waals surface area contributed by atoms with E-state index in [2.05, 4.69) is 11.9 Å². The number of anilines is 1. The maximum atomic E-state index is 12.2. The Hall–Kier alpha value is -1.26. The first-order chi connectivity index (χ1) is 9.06. The van der Waals surface area contributed by atoms with Gasteiger partial charge in [-0.15, -0.1) is 11.6 Å². The Bertz CT molecular complexity index is 444. The number of carbonyl (C=O) groups is 1. The molecule has 1 aromatic rings. The lowest BCUT2D eigenvalue weighted by Crippen LogP contribution is -2.49. The molecule has 19 heavy (non-hydrogen) atoms. The summed E-state index contributed by atoms with van der Waals surface area (Å²) < 4.78 is 0. The van der Waals surface area contributed by atoms with Gasteiger partial charge in [0.1, 0.15) is 5.38 Å². The molecule has 0 aliphatic carbocycles.